The first kappa shape index (κ1) is 26.6. The third kappa shape index (κ3) is 7.47. The molecule has 2 aliphatic rings. The molecule has 1 aromatic heterocycles. The number of amides is 1. The summed E-state index contributed by atoms with van der Waals surface area (Å²) in [6.07, 6.45) is 2.84. The fourth-order valence-electron chi connectivity index (χ4n) is 4.15. The molecule has 2 N–H and O–H groups in total. The highest BCUT2D eigenvalue weighted by Crippen LogP contribution is 2.16. The van der Waals surface area contributed by atoms with Crippen LogP contribution in [0.5, 0.6) is 0 Å². The lowest BCUT2D eigenvalue weighted by Gasteiger charge is -2.34. The van der Waals surface area contributed by atoms with Gasteiger partial charge in [0.2, 0.25) is 5.91 Å². The quantitative estimate of drug-likeness (QED) is 0.304. The van der Waals surface area contributed by atoms with Gasteiger partial charge in [0.1, 0.15) is 5.82 Å². The Bertz CT molecular complexity index is 750. The lowest BCUT2D eigenvalue weighted by Crippen LogP contribution is -2.46. The Morgan fingerprint density at radius 2 is 1.97 bits per heavy atom. The van der Waals surface area contributed by atoms with Crippen LogP contribution in [0, 0.1) is 5.92 Å². The van der Waals surface area contributed by atoms with Crippen LogP contribution in [0.1, 0.15) is 39.7 Å². The Labute approximate surface area is 210 Å². The van der Waals surface area contributed by atoms with Crippen molar-refractivity contribution in [1.29, 1.82) is 0 Å². The molecule has 2 fully saturated rings. The monoisotopic (exact) mass is 557 g/mol. The van der Waals surface area contributed by atoms with Gasteiger partial charge in [-0.05, 0) is 37.6 Å². The summed E-state index contributed by atoms with van der Waals surface area (Å²) in [6.45, 7) is 16.5. The first-order valence-electron chi connectivity index (χ1n) is 11.8. The van der Waals surface area contributed by atoms with Crippen molar-refractivity contribution in [3.8, 4) is 0 Å². The van der Waals surface area contributed by atoms with Gasteiger partial charge in [0, 0.05) is 64.0 Å². The predicted molar refractivity (Wildman–Crippen MR) is 142 cm³/mol. The summed E-state index contributed by atoms with van der Waals surface area (Å²) in [6, 6.07) is 4.44. The summed E-state index contributed by atoms with van der Waals surface area (Å²) < 4.78 is 0. The zero-order valence-electron chi connectivity index (χ0n) is 20.0. The second-order valence-corrected chi connectivity index (χ2v) is 8.71. The van der Waals surface area contributed by atoms with Gasteiger partial charge in [-0.15, -0.1) is 24.0 Å². The number of halogens is 1. The number of nitrogens with zero attached hydrogens (tertiary/aromatic N) is 5. The number of pyridine rings is 1. The molecule has 0 radical (unpaired) electrons. The van der Waals surface area contributed by atoms with Crippen LogP contribution in [0.15, 0.2) is 23.3 Å². The Balaban J connectivity index is 0.00000363. The average Bonchev–Trinajstić information content (AvgIpc) is 3.25. The first-order valence-corrected chi connectivity index (χ1v) is 11.8. The summed E-state index contributed by atoms with van der Waals surface area (Å²) in [4.78, 5) is 28.4. The normalized spacial score (nSPS) is 19.8. The van der Waals surface area contributed by atoms with Crippen molar-refractivity contribution >= 4 is 41.7 Å². The molecule has 1 unspecified atom stereocenters. The van der Waals surface area contributed by atoms with E-state index in [1.54, 1.807) is 0 Å². The summed E-state index contributed by atoms with van der Waals surface area (Å²) in [5.74, 6) is 2.13. The van der Waals surface area contributed by atoms with Crippen LogP contribution in [0.3, 0.4) is 0 Å². The largest absolute Gasteiger partial charge is 0.357 e. The van der Waals surface area contributed by atoms with Crippen LogP contribution in [-0.2, 0) is 11.3 Å². The molecule has 32 heavy (non-hydrogen) atoms. The first-order chi connectivity index (χ1) is 15.0. The van der Waals surface area contributed by atoms with E-state index in [0.717, 1.165) is 76.1 Å². The molecule has 0 saturated carbocycles. The van der Waals surface area contributed by atoms with E-state index in [4.69, 9.17) is 4.99 Å². The minimum Gasteiger partial charge on any atom is -0.357 e. The highest BCUT2D eigenvalue weighted by molar-refractivity contribution is 14.0. The van der Waals surface area contributed by atoms with Crippen LogP contribution >= 0.6 is 24.0 Å². The highest BCUT2D eigenvalue weighted by atomic mass is 127. The number of carbonyl (C=O) groups is 1. The number of carbonyl (C=O) groups excluding carboxylic acids is 1. The number of likely N-dealkylation sites (N-methyl/N-ethyl adjacent to an activating group) is 1. The molecular weight excluding hydrogens is 517 g/mol. The van der Waals surface area contributed by atoms with E-state index in [1.165, 1.54) is 0 Å². The molecular formula is C23H40IN7O. The van der Waals surface area contributed by atoms with Crippen molar-refractivity contribution in [2.45, 2.75) is 46.7 Å². The summed E-state index contributed by atoms with van der Waals surface area (Å²) in [5, 5.41) is 6.85. The number of piperazine rings is 1. The maximum atomic E-state index is 12.3. The van der Waals surface area contributed by atoms with Gasteiger partial charge in [-0.2, -0.15) is 0 Å². The van der Waals surface area contributed by atoms with Crippen LogP contribution < -0.4 is 15.5 Å². The number of rotatable bonds is 7. The predicted octanol–water partition coefficient (Wildman–Crippen LogP) is 2.15. The van der Waals surface area contributed by atoms with Gasteiger partial charge >= 0.3 is 0 Å². The van der Waals surface area contributed by atoms with E-state index in [1.807, 2.05) is 31.0 Å². The van der Waals surface area contributed by atoms with E-state index < -0.39 is 0 Å². The third-order valence-corrected chi connectivity index (χ3v) is 6.05. The van der Waals surface area contributed by atoms with Crippen molar-refractivity contribution in [1.82, 2.24) is 25.4 Å². The van der Waals surface area contributed by atoms with Crippen LogP contribution in [0.4, 0.5) is 5.82 Å². The van der Waals surface area contributed by atoms with Crippen LogP contribution in [0.25, 0.3) is 0 Å². The lowest BCUT2D eigenvalue weighted by atomic mass is 10.2. The van der Waals surface area contributed by atoms with Crippen molar-refractivity contribution in [3.63, 3.8) is 0 Å². The highest BCUT2D eigenvalue weighted by Gasteiger charge is 2.28. The second-order valence-electron chi connectivity index (χ2n) is 8.71. The average molecular weight is 558 g/mol. The van der Waals surface area contributed by atoms with Gasteiger partial charge in [0.25, 0.3) is 0 Å². The number of hydrogen-bond acceptors (Lipinski definition) is 5. The number of aromatic nitrogens is 1. The maximum Gasteiger partial charge on any atom is 0.225 e. The van der Waals surface area contributed by atoms with Gasteiger partial charge in [0.15, 0.2) is 5.96 Å². The molecule has 180 valence electrons. The zero-order valence-corrected chi connectivity index (χ0v) is 22.3. The number of anilines is 1. The molecule has 3 heterocycles. The van der Waals surface area contributed by atoms with Crippen LogP contribution in [-0.4, -0.2) is 85.1 Å². The SMILES string of the molecule is CCNC(=NCc1ccnc(N2CCN(CC)CC2)c1)NC1CCN(C(=O)C(C)C)C1.I. The van der Waals surface area contributed by atoms with E-state index in [-0.39, 0.29) is 41.8 Å². The van der Waals surface area contributed by atoms with Crippen LogP contribution in [0.2, 0.25) is 0 Å². The molecule has 1 amide bonds. The molecule has 2 saturated heterocycles. The molecule has 1 aromatic rings. The van der Waals surface area contributed by atoms with E-state index in [2.05, 4.69) is 45.3 Å². The maximum absolute atomic E-state index is 12.3. The van der Waals surface area contributed by atoms with Gasteiger partial charge in [0.05, 0.1) is 6.54 Å². The van der Waals surface area contributed by atoms with Crippen molar-refractivity contribution in [2.24, 2.45) is 10.9 Å². The fraction of sp³-hybridized carbons (Fsp3) is 0.696. The molecule has 8 nitrogen and oxygen atoms in total. The minimum absolute atomic E-state index is 0. The summed E-state index contributed by atoms with van der Waals surface area (Å²) in [7, 11) is 0. The number of nitrogens with one attached hydrogen (secondary N) is 2. The molecule has 0 aromatic carbocycles. The Hall–Kier alpha value is -1.62. The number of hydrogen-bond donors (Lipinski definition) is 2. The molecule has 2 aliphatic heterocycles. The van der Waals surface area contributed by atoms with Crippen molar-refractivity contribution in [3.05, 3.63) is 23.9 Å². The smallest absolute Gasteiger partial charge is 0.225 e. The molecule has 0 spiro atoms. The van der Waals surface area contributed by atoms with Gasteiger partial charge < -0.3 is 25.3 Å². The molecule has 1 atom stereocenters. The number of likely N-dealkylation sites (tertiary alicyclic amines) is 1. The lowest BCUT2D eigenvalue weighted by molar-refractivity contribution is -0.133. The third-order valence-electron chi connectivity index (χ3n) is 6.05. The molecule has 0 bridgehead atoms. The fourth-order valence-corrected chi connectivity index (χ4v) is 4.15. The Kier molecular flexibility index (Phi) is 11.0. The molecule has 9 heteroatoms. The van der Waals surface area contributed by atoms with Gasteiger partial charge in [-0.25, -0.2) is 9.98 Å². The Morgan fingerprint density at radius 1 is 1.22 bits per heavy atom. The topological polar surface area (TPSA) is 76.1 Å². The van der Waals surface area contributed by atoms with Gasteiger partial charge in [-0.3, -0.25) is 4.79 Å². The Morgan fingerprint density at radius 3 is 2.62 bits per heavy atom. The van der Waals surface area contributed by atoms with E-state index in [0.29, 0.717) is 6.54 Å². The number of aliphatic imine (C=N–C) groups is 1. The molecule has 3 rings (SSSR count). The van der Waals surface area contributed by atoms with Crippen molar-refractivity contribution in [2.75, 3.05) is 57.3 Å². The summed E-state index contributed by atoms with van der Waals surface area (Å²) in [5.41, 5.74) is 1.16. The standard InChI is InChI=1S/C23H39N7O.HI/c1-5-24-23(27-20-8-10-30(17-20)22(31)18(3)4)26-16-19-7-9-25-21(15-19)29-13-11-28(6-2)12-14-29;/h7,9,15,18,20H,5-6,8,10-14,16-17H2,1-4H3,(H2,24,26,27);1H. The minimum atomic E-state index is 0. The molecule has 0 aliphatic carbocycles. The second kappa shape index (κ2) is 13.2. The van der Waals surface area contributed by atoms with E-state index >= 15 is 0 Å². The zero-order chi connectivity index (χ0) is 22.2. The van der Waals surface area contributed by atoms with E-state index in [9.17, 15) is 4.79 Å². The van der Waals surface area contributed by atoms with Crippen molar-refractivity contribution < 1.29 is 4.79 Å². The summed E-state index contributed by atoms with van der Waals surface area (Å²) >= 11 is 0. The number of guanidine groups is 1. The van der Waals surface area contributed by atoms with Gasteiger partial charge in [-0.1, -0.05) is 20.8 Å².